The Balaban J connectivity index is 1.79. The number of alkyl halides is 1. The molecule has 2 aromatic carbocycles. The average Bonchev–Trinajstić information content (AvgIpc) is 2.61. The van der Waals surface area contributed by atoms with Crippen molar-refractivity contribution < 1.29 is 4.39 Å². The van der Waals surface area contributed by atoms with Crippen LogP contribution in [0.4, 0.5) is 4.39 Å². The summed E-state index contributed by atoms with van der Waals surface area (Å²) in [5.74, 6) is 0.648. The SMILES string of the molecule is CCCCC1CCC(c2ccccc2-c2ccccc2)CC1F. The van der Waals surface area contributed by atoms with E-state index in [0.29, 0.717) is 12.3 Å². The second-order valence-electron chi connectivity index (χ2n) is 6.88. The summed E-state index contributed by atoms with van der Waals surface area (Å²) in [6, 6.07) is 19.1. The van der Waals surface area contributed by atoms with E-state index in [-0.39, 0.29) is 5.92 Å². The van der Waals surface area contributed by atoms with Crippen LogP contribution in [-0.4, -0.2) is 6.17 Å². The molecule has 1 fully saturated rings. The van der Waals surface area contributed by atoms with Crippen LogP contribution >= 0.6 is 0 Å². The molecule has 0 saturated heterocycles. The van der Waals surface area contributed by atoms with Gasteiger partial charge in [-0.3, -0.25) is 0 Å². The maximum absolute atomic E-state index is 14.6. The van der Waals surface area contributed by atoms with Crippen molar-refractivity contribution in [3.8, 4) is 11.1 Å². The number of benzene rings is 2. The number of unbranched alkanes of at least 4 members (excludes halogenated alkanes) is 1. The largest absolute Gasteiger partial charge is 0.247 e. The third-order valence-electron chi connectivity index (χ3n) is 5.32. The van der Waals surface area contributed by atoms with E-state index in [4.69, 9.17) is 0 Å². The number of halogens is 1. The van der Waals surface area contributed by atoms with Gasteiger partial charge < -0.3 is 0 Å². The summed E-state index contributed by atoms with van der Waals surface area (Å²) in [7, 11) is 0. The molecule has 3 unspecified atom stereocenters. The summed E-state index contributed by atoms with van der Waals surface area (Å²) in [5, 5.41) is 0. The summed E-state index contributed by atoms with van der Waals surface area (Å²) in [5.41, 5.74) is 3.85. The van der Waals surface area contributed by atoms with E-state index < -0.39 is 6.17 Å². The zero-order chi connectivity index (χ0) is 16.1. The Labute approximate surface area is 139 Å². The van der Waals surface area contributed by atoms with Gasteiger partial charge in [0.2, 0.25) is 0 Å². The van der Waals surface area contributed by atoms with Crippen LogP contribution in [0.25, 0.3) is 11.1 Å². The summed E-state index contributed by atoms with van der Waals surface area (Å²) in [6.07, 6.45) is 5.61. The molecule has 0 radical (unpaired) electrons. The molecular weight excluding hydrogens is 283 g/mol. The molecule has 3 rings (SSSR count). The highest BCUT2D eigenvalue weighted by molar-refractivity contribution is 5.68. The Bertz CT molecular complexity index is 604. The minimum Gasteiger partial charge on any atom is -0.247 e. The minimum absolute atomic E-state index is 0.287. The number of hydrogen-bond donors (Lipinski definition) is 0. The van der Waals surface area contributed by atoms with Gasteiger partial charge >= 0.3 is 0 Å². The predicted octanol–water partition coefficient (Wildman–Crippen LogP) is 6.77. The second-order valence-corrected chi connectivity index (χ2v) is 6.88. The molecule has 0 aliphatic heterocycles. The van der Waals surface area contributed by atoms with Gasteiger partial charge in [0.1, 0.15) is 6.17 Å². The maximum atomic E-state index is 14.6. The van der Waals surface area contributed by atoms with Gasteiger partial charge in [0.05, 0.1) is 0 Å². The van der Waals surface area contributed by atoms with Crippen LogP contribution in [0.5, 0.6) is 0 Å². The van der Waals surface area contributed by atoms with Gasteiger partial charge in [0.25, 0.3) is 0 Å². The Hall–Kier alpha value is -1.63. The number of rotatable bonds is 5. The van der Waals surface area contributed by atoms with Crippen molar-refractivity contribution in [3.05, 3.63) is 60.2 Å². The van der Waals surface area contributed by atoms with Crippen molar-refractivity contribution >= 4 is 0 Å². The summed E-state index contributed by atoms with van der Waals surface area (Å²) in [4.78, 5) is 0. The van der Waals surface area contributed by atoms with Gasteiger partial charge in [-0.1, -0.05) is 74.4 Å². The first-order valence-corrected chi connectivity index (χ1v) is 9.08. The van der Waals surface area contributed by atoms with E-state index in [2.05, 4.69) is 55.5 Å². The third-order valence-corrected chi connectivity index (χ3v) is 5.32. The molecule has 1 heteroatoms. The van der Waals surface area contributed by atoms with Crippen LogP contribution < -0.4 is 0 Å². The van der Waals surface area contributed by atoms with Crippen molar-refractivity contribution in [2.24, 2.45) is 5.92 Å². The lowest BCUT2D eigenvalue weighted by atomic mass is 9.74. The molecule has 3 atom stereocenters. The van der Waals surface area contributed by atoms with Crippen molar-refractivity contribution in [1.82, 2.24) is 0 Å². The predicted molar refractivity (Wildman–Crippen MR) is 96.4 cm³/mol. The minimum atomic E-state index is -0.635. The maximum Gasteiger partial charge on any atom is 0.103 e. The molecule has 0 bridgehead atoms. The Kier molecular flexibility index (Phi) is 5.48. The van der Waals surface area contributed by atoms with Crippen LogP contribution in [-0.2, 0) is 0 Å². The average molecular weight is 310 g/mol. The lowest BCUT2D eigenvalue weighted by Crippen LogP contribution is -2.25. The summed E-state index contributed by atoms with van der Waals surface area (Å²) in [6.45, 7) is 2.19. The number of hydrogen-bond acceptors (Lipinski definition) is 0. The van der Waals surface area contributed by atoms with E-state index in [1.807, 2.05) is 6.07 Å². The van der Waals surface area contributed by atoms with Crippen molar-refractivity contribution in [1.29, 1.82) is 0 Å². The summed E-state index contributed by atoms with van der Waals surface area (Å²) < 4.78 is 14.6. The van der Waals surface area contributed by atoms with Crippen molar-refractivity contribution in [2.45, 2.75) is 57.5 Å². The van der Waals surface area contributed by atoms with Crippen LogP contribution in [0.1, 0.15) is 56.9 Å². The third kappa shape index (κ3) is 3.83. The lowest BCUT2D eigenvalue weighted by Gasteiger charge is -2.33. The first-order chi connectivity index (χ1) is 11.3. The molecule has 2 aromatic rings. The van der Waals surface area contributed by atoms with Gasteiger partial charge in [0.15, 0.2) is 0 Å². The highest BCUT2D eigenvalue weighted by Gasteiger charge is 2.31. The molecular formula is C22H27F. The van der Waals surface area contributed by atoms with Gasteiger partial charge in [-0.2, -0.15) is 0 Å². The smallest absolute Gasteiger partial charge is 0.103 e. The van der Waals surface area contributed by atoms with Gasteiger partial charge in [-0.15, -0.1) is 0 Å². The first-order valence-electron chi connectivity index (χ1n) is 9.08. The standard InChI is InChI=1S/C22H27F/c1-2-3-9-18-14-15-19(16-22(18)23)21-13-8-7-12-20(21)17-10-5-4-6-11-17/h4-8,10-13,18-19,22H,2-3,9,14-16H2,1H3. The Morgan fingerprint density at radius 3 is 2.43 bits per heavy atom. The van der Waals surface area contributed by atoms with Gasteiger partial charge in [0, 0.05) is 0 Å². The lowest BCUT2D eigenvalue weighted by molar-refractivity contribution is 0.141. The van der Waals surface area contributed by atoms with Crippen molar-refractivity contribution in [3.63, 3.8) is 0 Å². The molecule has 23 heavy (non-hydrogen) atoms. The van der Waals surface area contributed by atoms with Gasteiger partial charge in [-0.05, 0) is 54.2 Å². The van der Waals surface area contributed by atoms with E-state index in [1.54, 1.807) is 0 Å². The molecule has 0 amide bonds. The van der Waals surface area contributed by atoms with Crippen LogP contribution in [0, 0.1) is 5.92 Å². The molecule has 1 aliphatic rings. The second kappa shape index (κ2) is 7.77. The van der Waals surface area contributed by atoms with Crippen LogP contribution in [0.15, 0.2) is 54.6 Å². The molecule has 0 N–H and O–H groups in total. The fraction of sp³-hybridized carbons (Fsp3) is 0.455. The fourth-order valence-corrected chi connectivity index (χ4v) is 3.99. The molecule has 122 valence electrons. The van der Waals surface area contributed by atoms with Crippen molar-refractivity contribution in [2.75, 3.05) is 0 Å². The summed E-state index contributed by atoms with van der Waals surface area (Å²) >= 11 is 0. The quantitative estimate of drug-likeness (QED) is 0.572. The molecule has 0 aromatic heterocycles. The molecule has 0 heterocycles. The molecule has 1 saturated carbocycles. The van der Waals surface area contributed by atoms with Crippen LogP contribution in [0.3, 0.4) is 0 Å². The van der Waals surface area contributed by atoms with Crippen LogP contribution in [0.2, 0.25) is 0 Å². The fourth-order valence-electron chi connectivity index (χ4n) is 3.99. The molecule has 1 aliphatic carbocycles. The topological polar surface area (TPSA) is 0 Å². The highest BCUT2D eigenvalue weighted by Crippen LogP contribution is 2.42. The van der Waals surface area contributed by atoms with E-state index in [0.717, 1.165) is 25.7 Å². The zero-order valence-corrected chi connectivity index (χ0v) is 14.0. The first kappa shape index (κ1) is 16.2. The molecule has 0 spiro atoms. The normalized spacial score (nSPS) is 24.5. The Morgan fingerprint density at radius 1 is 0.957 bits per heavy atom. The zero-order valence-electron chi connectivity index (χ0n) is 14.0. The monoisotopic (exact) mass is 310 g/mol. The van der Waals surface area contributed by atoms with E-state index >= 15 is 0 Å². The van der Waals surface area contributed by atoms with E-state index in [1.165, 1.54) is 23.1 Å². The van der Waals surface area contributed by atoms with Gasteiger partial charge in [-0.25, -0.2) is 4.39 Å². The Morgan fingerprint density at radius 2 is 1.70 bits per heavy atom. The highest BCUT2D eigenvalue weighted by atomic mass is 19.1. The van der Waals surface area contributed by atoms with E-state index in [9.17, 15) is 4.39 Å². The molecule has 0 nitrogen and oxygen atoms in total.